The van der Waals surface area contributed by atoms with Crippen molar-refractivity contribution in [2.75, 3.05) is 5.75 Å². The van der Waals surface area contributed by atoms with Gasteiger partial charge in [0.1, 0.15) is 22.3 Å². The maximum atomic E-state index is 9.13. The topological polar surface area (TPSA) is 33.0 Å². The Bertz CT molecular complexity index is 673. The summed E-state index contributed by atoms with van der Waals surface area (Å²) < 4.78 is 6.01. The van der Waals surface area contributed by atoms with Gasteiger partial charge in [-0.15, -0.1) is 23.1 Å². The molecule has 104 valence electrons. The smallest absolute Gasteiger partial charge is 0.140 e. The molecule has 2 aliphatic rings. The van der Waals surface area contributed by atoms with Crippen LogP contribution in [0.1, 0.15) is 37.4 Å². The molecule has 0 spiro atoms. The van der Waals surface area contributed by atoms with Crippen LogP contribution < -0.4 is 4.74 Å². The molecule has 0 amide bonds. The number of ether oxygens (including phenoxy) is 1. The summed E-state index contributed by atoms with van der Waals surface area (Å²) in [4.78, 5) is 1.85. The minimum atomic E-state index is -0.312. The van der Waals surface area contributed by atoms with Gasteiger partial charge in [-0.1, -0.05) is 11.1 Å². The van der Waals surface area contributed by atoms with E-state index < -0.39 is 0 Å². The van der Waals surface area contributed by atoms with Crippen LogP contribution in [0.3, 0.4) is 0 Å². The average Bonchev–Trinajstić information content (AvgIpc) is 2.92. The van der Waals surface area contributed by atoms with Crippen molar-refractivity contribution < 1.29 is 4.74 Å². The monoisotopic (exact) mass is 303 g/mol. The predicted molar refractivity (Wildman–Crippen MR) is 86.3 cm³/mol. The van der Waals surface area contributed by atoms with Crippen LogP contribution in [-0.4, -0.2) is 16.6 Å². The maximum absolute atomic E-state index is 9.13. The van der Waals surface area contributed by atoms with Crippen LogP contribution in [0, 0.1) is 11.3 Å². The second-order valence-corrected chi connectivity index (χ2v) is 8.02. The summed E-state index contributed by atoms with van der Waals surface area (Å²) >= 11 is 3.52. The highest BCUT2D eigenvalue weighted by molar-refractivity contribution is 8.01. The van der Waals surface area contributed by atoms with Crippen molar-refractivity contribution >= 4 is 28.7 Å². The van der Waals surface area contributed by atoms with Gasteiger partial charge in [-0.05, 0) is 39.3 Å². The SMILES string of the molecule is CC1=C(C)C(C2=CC(C)(C)Oc3cc(C#N)sc32)SC1. The number of hydrogen-bond acceptors (Lipinski definition) is 4. The second kappa shape index (κ2) is 4.68. The summed E-state index contributed by atoms with van der Waals surface area (Å²) in [5.41, 5.74) is 3.94. The third-order valence-corrected chi connectivity index (χ3v) is 6.37. The first kappa shape index (κ1) is 13.8. The first-order valence-electron chi connectivity index (χ1n) is 6.65. The number of nitrogens with zero attached hydrogens (tertiary/aromatic N) is 1. The minimum absolute atomic E-state index is 0.312. The summed E-state index contributed by atoms with van der Waals surface area (Å²) in [6.45, 7) is 8.58. The van der Waals surface area contributed by atoms with Crippen LogP contribution in [0.5, 0.6) is 5.75 Å². The molecule has 3 heterocycles. The predicted octanol–water partition coefficient (Wildman–Crippen LogP) is 4.63. The third-order valence-electron chi connectivity index (χ3n) is 3.76. The normalized spacial score (nSPS) is 23.9. The lowest BCUT2D eigenvalue weighted by molar-refractivity contribution is 0.159. The molecule has 0 radical (unpaired) electrons. The molecular formula is C16H17NOS2. The number of thioether (sulfide) groups is 1. The first-order valence-corrected chi connectivity index (χ1v) is 8.52. The number of thiophene rings is 1. The van der Waals surface area contributed by atoms with Crippen molar-refractivity contribution in [2.45, 2.75) is 38.5 Å². The Morgan fingerprint density at radius 1 is 1.40 bits per heavy atom. The molecule has 4 heteroatoms. The fraction of sp³-hybridized carbons (Fsp3) is 0.438. The van der Waals surface area contributed by atoms with Crippen molar-refractivity contribution in [3.05, 3.63) is 33.0 Å². The molecule has 0 bridgehead atoms. The van der Waals surface area contributed by atoms with Gasteiger partial charge in [0.15, 0.2) is 0 Å². The van der Waals surface area contributed by atoms with Gasteiger partial charge in [0, 0.05) is 11.8 Å². The minimum Gasteiger partial charge on any atom is -0.482 e. The van der Waals surface area contributed by atoms with Crippen LogP contribution in [-0.2, 0) is 0 Å². The van der Waals surface area contributed by atoms with E-state index in [-0.39, 0.29) is 5.60 Å². The van der Waals surface area contributed by atoms with Gasteiger partial charge in [0.2, 0.25) is 0 Å². The summed E-state index contributed by atoms with van der Waals surface area (Å²) in [5, 5.41) is 9.54. The molecule has 1 aromatic heterocycles. The third kappa shape index (κ3) is 2.19. The van der Waals surface area contributed by atoms with Crippen molar-refractivity contribution in [3.8, 4) is 11.8 Å². The molecule has 2 aliphatic heterocycles. The fourth-order valence-corrected chi connectivity index (χ4v) is 5.11. The Morgan fingerprint density at radius 3 is 2.75 bits per heavy atom. The van der Waals surface area contributed by atoms with Gasteiger partial charge in [0.25, 0.3) is 0 Å². The zero-order chi connectivity index (χ0) is 14.5. The standard InChI is InChI=1S/C16H17NOS2/c1-9-8-19-14(10(9)2)12-6-16(3,4)18-13-5-11(7-17)20-15(12)13/h5-6,14H,8H2,1-4H3. The van der Waals surface area contributed by atoms with Crippen LogP contribution in [0.25, 0.3) is 5.57 Å². The Kier molecular flexibility index (Phi) is 3.23. The van der Waals surface area contributed by atoms with E-state index in [2.05, 4.69) is 39.8 Å². The van der Waals surface area contributed by atoms with Gasteiger partial charge in [-0.25, -0.2) is 0 Å². The molecule has 3 rings (SSSR count). The van der Waals surface area contributed by atoms with Crippen LogP contribution in [0.15, 0.2) is 23.3 Å². The highest BCUT2D eigenvalue weighted by atomic mass is 32.2. The molecule has 0 saturated heterocycles. The molecule has 1 atom stereocenters. The Labute approximate surface area is 128 Å². The average molecular weight is 303 g/mol. The zero-order valence-electron chi connectivity index (χ0n) is 12.1. The lowest BCUT2D eigenvalue weighted by Gasteiger charge is -2.31. The lowest BCUT2D eigenvalue weighted by Crippen LogP contribution is -2.29. The van der Waals surface area contributed by atoms with Gasteiger partial charge in [0.05, 0.1) is 10.1 Å². The highest BCUT2D eigenvalue weighted by Crippen LogP contribution is 2.49. The highest BCUT2D eigenvalue weighted by Gasteiger charge is 2.35. The van der Waals surface area contributed by atoms with Crippen molar-refractivity contribution in [3.63, 3.8) is 0 Å². The maximum Gasteiger partial charge on any atom is 0.140 e. The van der Waals surface area contributed by atoms with Crippen LogP contribution >= 0.6 is 23.1 Å². The first-order chi connectivity index (χ1) is 9.41. The van der Waals surface area contributed by atoms with Gasteiger partial charge >= 0.3 is 0 Å². The summed E-state index contributed by atoms with van der Waals surface area (Å²) in [5.74, 6) is 1.97. The summed E-state index contributed by atoms with van der Waals surface area (Å²) in [6, 6.07) is 4.11. The van der Waals surface area contributed by atoms with E-state index in [1.165, 1.54) is 16.7 Å². The Hall–Kier alpha value is -1.18. The number of rotatable bonds is 1. The van der Waals surface area contributed by atoms with Crippen molar-refractivity contribution in [2.24, 2.45) is 0 Å². The van der Waals surface area contributed by atoms with Crippen LogP contribution in [0.4, 0.5) is 0 Å². The molecule has 0 N–H and O–H groups in total. The van der Waals surface area contributed by atoms with Gasteiger partial charge < -0.3 is 4.74 Å². The van der Waals surface area contributed by atoms with E-state index in [1.807, 2.05) is 17.8 Å². The molecule has 0 saturated carbocycles. The summed E-state index contributed by atoms with van der Waals surface area (Å²) in [7, 11) is 0. The largest absolute Gasteiger partial charge is 0.482 e. The van der Waals surface area contributed by atoms with Crippen molar-refractivity contribution in [1.29, 1.82) is 5.26 Å². The Balaban J connectivity index is 2.11. The fourth-order valence-electron chi connectivity index (χ4n) is 2.65. The molecule has 1 aromatic rings. The molecule has 20 heavy (non-hydrogen) atoms. The van der Waals surface area contributed by atoms with Crippen molar-refractivity contribution in [1.82, 2.24) is 0 Å². The Morgan fingerprint density at radius 2 is 2.15 bits per heavy atom. The van der Waals surface area contributed by atoms with E-state index in [0.29, 0.717) is 5.25 Å². The van der Waals surface area contributed by atoms with E-state index in [1.54, 1.807) is 11.3 Å². The lowest BCUT2D eigenvalue weighted by atomic mass is 9.94. The van der Waals surface area contributed by atoms with E-state index in [9.17, 15) is 0 Å². The summed E-state index contributed by atoms with van der Waals surface area (Å²) in [6.07, 6.45) is 2.23. The molecular weight excluding hydrogens is 286 g/mol. The second-order valence-electron chi connectivity index (χ2n) is 5.88. The van der Waals surface area contributed by atoms with Gasteiger partial charge in [-0.2, -0.15) is 5.26 Å². The van der Waals surface area contributed by atoms with E-state index in [4.69, 9.17) is 10.00 Å². The van der Waals surface area contributed by atoms with Crippen LogP contribution in [0.2, 0.25) is 0 Å². The zero-order valence-corrected chi connectivity index (χ0v) is 13.7. The van der Waals surface area contributed by atoms with Gasteiger partial charge in [-0.3, -0.25) is 0 Å². The molecule has 0 aliphatic carbocycles. The molecule has 1 unspecified atom stereocenters. The van der Waals surface area contributed by atoms with E-state index in [0.717, 1.165) is 21.3 Å². The molecule has 2 nitrogen and oxygen atoms in total. The number of hydrogen-bond donors (Lipinski definition) is 0. The molecule has 0 fully saturated rings. The quantitative estimate of drug-likeness (QED) is 0.709. The number of fused-ring (bicyclic) bond motifs is 1. The number of nitriles is 1. The van der Waals surface area contributed by atoms with E-state index >= 15 is 0 Å². The molecule has 0 aromatic carbocycles.